The fourth-order valence-electron chi connectivity index (χ4n) is 2.03. The van der Waals surface area contributed by atoms with Crippen LogP contribution in [0.2, 0.25) is 0 Å². The fourth-order valence-corrected chi connectivity index (χ4v) is 4.38. The summed E-state index contributed by atoms with van der Waals surface area (Å²) in [5.41, 5.74) is -0.512. The van der Waals surface area contributed by atoms with Crippen molar-refractivity contribution in [3.63, 3.8) is 0 Å². The van der Waals surface area contributed by atoms with Gasteiger partial charge >= 0.3 is 0 Å². The Morgan fingerprint density at radius 2 is 2.14 bits per heavy atom. The first-order chi connectivity index (χ1) is 9.97. The van der Waals surface area contributed by atoms with Crippen LogP contribution in [0.15, 0.2) is 15.7 Å². The lowest BCUT2D eigenvalue weighted by atomic mass is 9.85. The molecule has 0 amide bonds. The minimum atomic E-state index is -4.11. The van der Waals surface area contributed by atoms with E-state index in [-0.39, 0.29) is 11.9 Å². The lowest BCUT2D eigenvalue weighted by Gasteiger charge is -2.22. The maximum atomic E-state index is 12.8. The summed E-state index contributed by atoms with van der Waals surface area (Å²) >= 11 is 0.907. The molecule has 0 unspecified atom stereocenters. The largest absolute Gasteiger partial charge is 0.265 e. The van der Waals surface area contributed by atoms with Gasteiger partial charge in [0, 0.05) is 22.2 Å². The number of hydrogen-bond acceptors (Lipinski definition) is 5. The summed E-state index contributed by atoms with van der Waals surface area (Å²) in [6, 6.07) is 0. The molecule has 2 N–H and O–H groups in total. The molecule has 21 heavy (non-hydrogen) atoms. The molecule has 6 nitrogen and oxygen atoms in total. The fraction of sp³-hybridized carbons (Fsp3) is 0.455. The molecule has 1 aliphatic carbocycles. The summed E-state index contributed by atoms with van der Waals surface area (Å²) in [5.74, 6) is 0.773. The van der Waals surface area contributed by atoms with Gasteiger partial charge in [0.05, 0.1) is 0 Å². The Balaban J connectivity index is 1.82. The normalized spacial score (nSPS) is 16.1. The maximum absolute atomic E-state index is 12.8. The molecule has 0 aliphatic heterocycles. The van der Waals surface area contributed by atoms with E-state index in [1.54, 1.807) is 0 Å². The van der Waals surface area contributed by atoms with Crippen LogP contribution < -0.4 is 4.72 Å². The predicted octanol–water partition coefficient (Wildman–Crippen LogP) is 2.87. The summed E-state index contributed by atoms with van der Waals surface area (Å²) < 4.78 is 51.9. The molecule has 0 saturated heterocycles. The summed E-state index contributed by atoms with van der Waals surface area (Å²) in [6.45, 7) is 0. The van der Waals surface area contributed by atoms with E-state index in [0.29, 0.717) is 5.82 Å². The lowest BCUT2D eigenvalue weighted by molar-refractivity contribution is 0.148. The van der Waals surface area contributed by atoms with Gasteiger partial charge in [0.25, 0.3) is 22.4 Å². The number of H-pyrrole nitrogens is 1. The van der Waals surface area contributed by atoms with E-state index in [1.165, 1.54) is 5.38 Å². The molecule has 10 heteroatoms. The molecule has 1 aliphatic rings. The first-order valence-corrected chi connectivity index (χ1v) is 8.69. The molecule has 0 atom stereocenters. The second-order valence-corrected chi connectivity index (χ2v) is 7.16. The van der Waals surface area contributed by atoms with E-state index in [2.05, 4.69) is 19.9 Å². The number of alkyl halides is 2. The quantitative estimate of drug-likeness (QED) is 0.880. The van der Waals surface area contributed by atoms with Gasteiger partial charge in [-0.1, -0.05) is 6.42 Å². The number of hydrogen-bond donors (Lipinski definition) is 2. The molecular weight excluding hydrogens is 322 g/mol. The van der Waals surface area contributed by atoms with Crippen molar-refractivity contribution in [3.05, 3.63) is 22.1 Å². The molecule has 0 radical (unpaired) electrons. The monoisotopic (exact) mass is 334 g/mol. The Kier molecular flexibility index (Phi) is 3.66. The van der Waals surface area contributed by atoms with Crippen LogP contribution in [0, 0.1) is 0 Å². The molecule has 2 aromatic rings. The van der Waals surface area contributed by atoms with Gasteiger partial charge in [-0.3, -0.25) is 5.10 Å². The van der Waals surface area contributed by atoms with Crippen molar-refractivity contribution in [1.29, 1.82) is 0 Å². The third-order valence-electron chi connectivity index (χ3n) is 3.40. The summed E-state index contributed by atoms with van der Waals surface area (Å²) in [7, 11) is -4.11. The van der Waals surface area contributed by atoms with Crippen molar-refractivity contribution in [3.8, 4) is 0 Å². The summed E-state index contributed by atoms with van der Waals surface area (Å²) in [6.07, 6.45) is 0.239. The molecule has 1 saturated carbocycles. The van der Waals surface area contributed by atoms with E-state index < -0.39 is 26.9 Å². The molecule has 114 valence electrons. The zero-order chi connectivity index (χ0) is 15.0. The number of nitrogens with one attached hydrogen (secondary N) is 2. The predicted molar refractivity (Wildman–Crippen MR) is 73.1 cm³/mol. The molecule has 1 fully saturated rings. The second kappa shape index (κ2) is 5.34. The third-order valence-corrected chi connectivity index (χ3v) is 5.69. The molecule has 2 heterocycles. The highest BCUT2D eigenvalue weighted by molar-refractivity contribution is 7.92. The zero-order valence-corrected chi connectivity index (χ0v) is 12.3. The number of nitrogens with zero attached hydrogens (tertiary/aromatic N) is 2. The highest BCUT2D eigenvalue weighted by atomic mass is 32.2. The average molecular weight is 334 g/mol. The van der Waals surface area contributed by atoms with Gasteiger partial charge < -0.3 is 0 Å². The lowest BCUT2D eigenvalue weighted by Crippen LogP contribution is -2.15. The molecular formula is C11H12F2N4O2S2. The van der Waals surface area contributed by atoms with Gasteiger partial charge in [-0.15, -0.1) is 5.10 Å². The van der Waals surface area contributed by atoms with Crippen molar-refractivity contribution in [2.75, 3.05) is 4.72 Å². The van der Waals surface area contributed by atoms with Gasteiger partial charge in [0.1, 0.15) is 10.7 Å². The van der Waals surface area contributed by atoms with Gasteiger partial charge in [0.15, 0.2) is 0 Å². The van der Waals surface area contributed by atoms with Crippen LogP contribution in [-0.4, -0.2) is 23.6 Å². The van der Waals surface area contributed by atoms with Crippen LogP contribution in [0.5, 0.6) is 0 Å². The SMILES string of the molecule is O=S(=O)(Nc1n[nH]c(C2CCC2)n1)c1cscc1C(F)F. The summed E-state index contributed by atoms with van der Waals surface area (Å²) in [5, 5.41) is 8.75. The highest BCUT2D eigenvalue weighted by Gasteiger charge is 2.27. The van der Waals surface area contributed by atoms with E-state index in [1.807, 2.05) is 0 Å². The first kappa shape index (κ1) is 14.4. The maximum Gasteiger partial charge on any atom is 0.265 e. The Morgan fingerprint density at radius 3 is 2.76 bits per heavy atom. The molecule has 0 spiro atoms. The minimum Gasteiger partial charge on any atom is -0.261 e. The number of sulfonamides is 1. The molecule has 0 bridgehead atoms. The first-order valence-electron chi connectivity index (χ1n) is 6.27. The number of anilines is 1. The van der Waals surface area contributed by atoms with Crippen LogP contribution in [0.4, 0.5) is 14.7 Å². The number of aromatic nitrogens is 3. The topological polar surface area (TPSA) is 87.7 Å². The molecule has 2 aromatic heterocycles. The van der Waals surface area contributed by atoms with Crippen LogP contribution >= 0.6 is 11.3 Å². The van der Waals surface area contributed by atoms with E-state index in [0.717, 1.165) is 36.0 Å². The van der Waals surface area contributed by atoms with Gasteiger partial charge in [-0.2, -0.15) is 16.3 Å². The molecule has 0 aromatic carbocycles. The van der Waals surface area contributed by atoms with E-state index in [9.17, 15) is 17.2 Å². The van der Waals surface area contributed by atoms with Crippen LogP contribution in [0.3, 0.4) is 0 Å². The van der Waals surface area contributed by atoms with Crippen molar-refractivity contribution in [2.45, 2.75) is 36.5 Å². The summed E-state index contributed by atoms with van der Waals surface area (Å²) in [4.78, 5) is 3.63. The Hall–Kier alpha value is -1.55. The van der Waals surface area contributed by atoms with E-state index >= 15 is 0 Å². The Bertz CT molecular complexity index is 737. The standard InChI is InChI=1S/C11H12F2N4O2S2/c12-9(13)7-4-20-5-8(7)21(18,19)17-11-14-10(15-16-11)6-2-1-3-6/h4-6,9H,1-3H2,(H2,14,15,16,17). The van der Waals surface area contributed by atoms with Crippen LogP contribution in [0.1, 0.15) is 43.0 Å². The zero-order valence-electron chi connectivity index (χ0n) is 10.7. The van der Waals surface area contributed by atoms with Crippen molar-refractivity contribution >= 4 is 27.3 Å². The van der Waals surface area contributed by atoms with E-state index in [4.69, 9.17) is 0 Å². The third kappa shape index (κ3) is 2.77. The second-order valence-electron chi connectivity index (χ2n) is 4.77. The number of rotatable bonds is 5. The Labute approximate surface area is 123 Å². The highest BCUT2D eigenvalue weighted by Crippen LogP contribution is 2.35. The average Bonchev–Trinajstić information content (AvgIpc) is 2.95. The van der Waals surface area contributed by atoms with Crippen molar-refractivity contribution in [2.24, 2.45) is 0 Å². The number of aromatic amines is 1. The van der Waals surface area contributed by atoms with Gasteiger partial charge in [0.2, 0.25) is 0 Å². The number of halogens is 2. The van der Waals surface area contributed by atoms with Crippen molar-refractivity contribution in [1.82, 2.24) is 15.2 Å². The van der Waals surface area contributed by atoms with Gasteiger partial charge in [-0.25, -0.2) is 21.9 Å². The van der Waals surface area contributed by atoms with Crippen molar-refractivity contribution < 1.29 is 17.2 Å². The Morgan fingerprint density at radius 1 is 1.38 bits per heavy atom. The number of thiophene rings is 1. The van der Waals surface area contributed by atoms with Crippen LogP contribution in [0.25, 0.3) is 0 Å². The smallest absolute Gasteiger partial charge is 0.261 e. The van der Waals surface area contributed by atoms with Crippen LogP contribution in [-0.2, 0) is 10.0 Å². The van der Waals surface area contributed by atoms with Gasteiger partial charge in [-0.05, 0) is 12.8 Å². The minimum absolute atomic E-state index is 0.122. The molecule has 3 rings (SSSR count).